The van der Waals surface area contributed by atoms with Gasteiger partial charge in [-0.1, -0.05) is 69.3 Å². The van der Waals surface area contributed by atoms with Crippen molar-refractivity contribution in [2.75, 3.05) is 13.2 Å². The Morgan fingerprint density at radius 1 is 1.06 bits per heavy atom. The molecule has 6 atom stereocenters. The van der Waals surface area contributed by atoms with E-state index in [2.05, 4.69) is 58.7 Å². The summed E-state index contributed by atoms with van der Waals surface area (Å²) < 4.78 is 18.7. The van der Waals surface area contributed by atoms with Crippen LogP contribution in [0.15, 0.2) is 60.7 Å². The van der Waals surface area contributed by atoms with Crippen LogP contribution in [-0.4, -0.2) is 47.2 Å². The van der Waals surface area contributed by atoms with Gasteiger partial charge in [-0.05, 0) is 51.3 Å². The van der Waals surface area contributed by atoms with Gasteiger partial charge in [0.05, 0.1) is 17.7 Å². The fourth-order valence-corrected chi connectivity index (χ4v) is 5.74. The predicted octanol–water partition coefficient (Wildman–Crippen LogP) is 6.33. The van der Waals surface area contributed by atoms with E-state index < -0.39 is 5.79 Å². The lowest BCUT2D eigenvalue weighted by atomic mass is 9.67. The number of esters is 1. The van der Waals surface area contributed by atoms with Crippen LogP contribution >= 0.6 is 0 Å². The molecule has 6 nitrogen and oxygen atoms in total. The second-order valence-corrected chi connectivity index (χ2v) is 10.7. The Morgan fingerprint density at radius 3 is 2.31 bits per heavy atom. The van der Waals surface area contributed by atoms with Gasteiger partial charge in [0.25, 0.3) is 0 Å². The quantitative estimate of drug-likeness (QED) is 0.399. The molecule has 0 saturated carbocycles. The van der Waals surface area contributed by atoms with E-state index >= 15 is 0 Å². The molecular formula is C30H41NO5. The maximum atomic E-state index is 12.5. The van der Waals surface area contributed by atoms with Gasteiger partial charge in [0.15, 0.2) is 5.79 Å². The average molecular weight is 496 g/mol. The number of nitrogens with zero attached hydrogens (tertiary/aromatic N) is 1. The molecule has 0 radical (unpaired) electrons. The number of benzene rings is 2. The number of hydroxylamine groups is 2. The monoisotopic (exact) mass is 495 g/mol. The maximum absolute atomic E-state index is 12.5. The van der Waals surface area contributed by atoms with Crippen LogP contribution in [0.2, 0.25) is 0 Å². The van der Waals surface area contributed by atoms with Gasteiger partial charge in [-0.15, -0.1) is 0 Å². The summed E-state index contributed by atoms with van der Waals surface area (Å²) >= 11 is 0. The van der Waals surface area contributed by atoms with Gasteiger partial charge in [0.1, 0.15) is 18.8 Å². The average Bonchev–Trinajstić information content (AvgIpc) is 3.32. The first-order chi connectivity index (χ1) is 17.2. The molecule has 0 bridgehead atoms. The van der Waals surface area contributed by atoms with Gasteiger partial charge in [-0.2, -0.15) is 5.06 Å². The van der Waals surface area contributed by atoms with Crippen LogP contribution in [0.3, 0.4) is 0 Å². The largest absolute Gasteiger partial charge is 0.459 e. The molecule has 2 heterocycles. The number of carbonyl (C=O) groups is 1. The van der Waals surface area contributed by atoms with Crippen LogP contribution in [-0.2, 0) is 19.0 Å². The molecule has 2 aromatic rings. The molecule has 0 N–H and O–H groups in total. The lowest BCUT2D eigenvalue weighted by molar-refractivity contribution is -0.380. The third-order valence-corrected chi connectivity index (χ3v) is 8.47. The summed E-state index contributed by atoms with van der Waals surface area (Å²) in [5.41, 5.74) is 1.04. The molecule has 196 valence electrons. The van der Waals surface area contributed by atoms with E-state index in [-0.39, 0.29) is 41.8 Å². The highest BCUT2D eigenvalue weighted by Gasteiger charge is 2.64. The van der Waals surface area contributed by atoms with Crippen LogP contribution < -0.4 is 0 Å². The number of hydrogen-bond acceptors (Lipinski definition) is 6. The molecular weight excluding hydrogens is 454 g/mol. The molecule has 1 spiro atoms. The van der Waals surface area contributed by atoms with E-state index in [9.17, 15) is 4.79 Å². The van der Waals surface area contributed by atoms with Gasteiger partial charge < -0.3 is 14.2 Å². The van der Waals surface area contributed by atoms with Gasteiger partial charge in [-0.3, -0.25) is 4.84 Å². The summed E-state index contributed by atoms with van der Waals surface area (Å²) in [6.45, 7) is 13.7. The standard InChI is InChI=1S/C30H41NO5/c1-7-28(5)21-30(34-20-26(35-30)19-33-27(32)25-17-13-10-14-18-25)23(4)29(6,8-2)31(28)36-22(3)24-15-11-9-12-16-24/h9-18,22-23,26H,7-8,19-21H2,1-6H3. The molecule has 4 rings (SSSR count). The van der Waals surface area contributed by atoms with Crippen LogP contribution in [0.4, 0.5) is 0 Å². The third-order valence-electron chi connectivity index (χ3n) is 8.47. The number of carbonyl (C=O) groups excluding carboxylic acids is 1. The zero-order valence-corrected chi connectivity index (χ0v) is 22.5. The van der Waals surface area contributed by atoms with Crippen molar-refractivity contribution in [1.82, 2.24) is 5.06 Å². The Balaban J connectivity index is 1.51. The van der Waals surface area contributed by atoms with Crippen molar-refractivity contribution in [3.05, 3.63) is 71.8 Å². The van der Waals surface area contributed by atoms with Gasteiger partial charge in [0.2, 0.25) is 0 Å². The normalized spacial score (nSPS) is 33.5. The fourth-order valence-electron chi connectivity index (χ4n) is 5.74. The molecule has 0 aliphatic carbocycles. The Morgan fingerprint density at radius 2 is 1.69 bits per heavy atom. The molecule has 0 amide bonds. The molecule has 2 saturated heterocycles. The zero-order valence-electron chi connectivity index (χ0n) is 22.5. The van der Waals surface area contributed by atoms with E-state index in [4.69, 9.17) is 19.0 Å². The van der Waals surface area contributed by atoms with Crippen molar-refractivity contribution in [2.24, 2.45) is 5.92 Å². The number of hydrogen-bond donors (Lipinski definition) is 0. The summed E-state index contributed by atoms with van der Waals surface area (Å²) in [6, 6.07) is 19.4. The van der Waals surface area contributed by atoms with Crippen LogP contribution in [0.1, 0.15) is 82.8 Å². The number of rotatable bonds is 8. The lowest BCUT2D eigenvalue weighted by Gasteiger charge is -2.62. The third kappa shape index (κ3) is 4.97. The van der Waals surface area contributed by atoms with Crippen molar-refractivity contribution in [2.45, 2.75) is 89.9 Å². The molecule has 6 heteroatoms. The van der Waals surface area contributed by atoms with E-state index in [1.54, 1.807) is 12.1 Å². The predicted molar refractivity (Wildman–Crippen MR) is 139 cm³/mol. The topological polar surface area (TPSA) is 57.2 Å². The van der Waals surface area contributed by atoms with Crippen molar-refractivity contribution in [3.63, 3.8) is 0 Å². The van der Waals surface area contributed by atoms with Crippen molar-refractivity contribution < 1.29 is 23.8 Å². The van der Waals surface area contributed by atoms with Gasteiger partial charge in [-0.25, -0.2) is 4.79 Å². The summed E-state index contributed by atoms with van der Waals surface area (Å²) in [4.78, 5) is 19.2. The van der Waals surface area contributed by atoms with Crippen molar-refractivity contribution in [3.8, 4) is 0 Å². The van der Waals surface area contributed by atoms with E-state index in [0.29, 0.717) is 18.6 Å². The number of piperidine rings is 1. The van der Waals surface area contributed by atoms with E-state index in [1.165, 1.54) is 0 Å². The van der Waals surface area contributed by atoms with Crippen LogP contribution in [0.5, 0.6) is 0 Å². The highest BCUT2D eigenvalue weighted by Crippen LogP contribution is 2.54. The van der Waals surface area contributed by atoms with Crippen molar-refractivity contribution >= 4 is 5.97 Å². The molecule has 2 fully saturated rings. The summed E-state index contributed by atoms with van der Waals surface area (Å²) in [6.07, 6.45) is 2.02. The Hall–Kier alpha value is -2.25. The molecule has 36 heavy (non-hydrogen) atoms. The summed E-state index contributed by atoms with van der Waals surface area (Å²) in [5, 5.41) is 2.24. The number of ether oxygens (including phenoxy) is 3. The maximum Gasteiger partial charge on any atom is 0.338 e. The minimum Gasteiger partial charge on any atom is -0.459 e. The van der Waals surface area contributed by atoms with Crippen molar-refractivity contribution in [1.29, 1.82) is 0 Å². The first kappa shape index (κ1) is 26.8. The first-order valence-corrected chi connectivity index (χ1v) is 13.2. The Kier molecular flexibility index (Phi) is 7.91. The molecule has 6 unspecified atom stereocenters. The van der Waals surface area contributed by atoms with Crippen LogP contribution in [0.25, 0.3) is 0 Å². The SMILES string of the molecule is CCC1(C)CC2(OCC(COC(=O)c3ccccc3)O2)C(C)C(C)(CC)N1OC(C)c1ccccc1. The van der Waals surface area contributed by atoms with Gasteiger partial charge >= 0.3 is 5.97 Å². The second-order valence-electron chi connectivity index (χ2n) is 10.7. The summed E-state index contributed by atoms with van der Waals surface area (Å²) in [5.74, 6) is -1.09. The van der Waals surface area contributed by atoms with Crippen LogP contribution in [0, 0.1) is 5.92 Å². The summed E-state index contributed by atoms with van der Waals surface area (Å²) in [7, 11) is 0. The lowest BCUT2D eigenvalue weighted by Crippen LogP contribution is -2.71. The van der Waals surface area contributed by atoms with Gasteiger partial charge in [0, 0.05) is 17.9 Å². The Bertz CT molecular complexity index is 1020. The fraction of sp³-hybridized carbons (Fsp3) is 0.567. The highest BCUT2D eigenvalue weighted by atomic mass is 16.8. The first-order valence-electron chi connectivity index (χ1n) is 13.2. The van der Waals surface area contributed by atoms with E-state index in [1.807, 2.05) is 36.4 Å². The zero-order chi connectivity index (χ0) is 26.0. The molecule has 2 aliphatic heterocycles. The minimum atomic E-state index is -0.769. The second kappa shape index (κ2) is 10.6. The highest BCUT2D eigenvalue weighted by molar-refractivity contribution is 5.89. The smallest absolute Gasteiger partial charge is 0.338 e. The minimum absolute atomic E-state index is 0.0208. The molecule has 2 aromatic carbocycles. The molecule has 0 aromatic heterocycles. The van der Waals surface area contributed by atoms with E-state index in [0.717, 1.165) is 18.4 Å². The Labute approximate surface area is 215 Å². The molecule has 2 aliphatic rings.